The van der Waals surface area contributed by atoms with Crippen LogP contribution in [-0.2, 0) is 20.0 Å². The molecule has 0 aliphatic heterocycles. The van der Waals surface area contributed by atoms with Crippen LogP contribution < -0.4 is 5.56 Å². The molecule has 0 bridgehead atoms. The van der Waals surface area contributed by atoms with Crippen molar-refractivity contribution in [3.05, 3.63) is 70.4 Å². The van der Waals surface area contributed by atoms with Crippen LogP contribution in [0.2, 0.25) is 0 Å². The first kappa shape index (κ1) is 15.8. The average molecular weight is 335 g/mol. The summed E-state index contributed by atoms with van der Waals surface area (Å²) in [6.07, 6.45) is 5.62. The first-order chi connectivity index (χ1) is 12.2. The maximum absolute atomic E-state index is 12.3. The highest BCUT2D eigenvalue weighted by atomic mass is 16.1. The molecule has 25 heavy (non-hydrogen) atoms. The quantitative estimate of drug-likeness (QED) is 0.727. The van der Waals surface area contributed by atoms with E-state index in [0.29, 0.717) is 29.4 Å². The smallest absolute Gasteiger partial charge is 0.262 e. The lowest BCUT2D eigenvalue weighted by Gasteiger charge is -2.28. The molecule has 6 heteroatoms. The van der Waals surface area contributed by atoms with E-state index in [0.717, 1.165) is 19.4 Å². The van der Waals surface area contributed by atoms with Crippen molar-refractivity contribution in [2.75, 3.05) is 6.54 Å². The maximum atomic E-state index is 12.3. The summed E-state index contributed by atoms with van der Waals surface area (Å²) in [5.74, 6) is 0.660. The highest BCUT2D eigenvalue weighted by Crippen LogP contribution is 2.36. The van der Waals surface area contributed by atoms with Gasteiger partial charge < -0.3 is 4.98 Å². The normalized spacial score (nSPS) is 16.5. The van der Waals surface area contributed by atoms with Crippen LogP contribution in [0.4, 0.5) is 0 Å². The minimum absolute atomic E-state index is 0.140. The van der Waals surface area contributed by atoms with Crippen LogP contribution in [0.1, 0.15) is 29.4 Å². The standard InChI is InChI=1S/C19H21N5O/c1-3-10-24(16-9-8-13-6-4-5-7-14(13)16)12-17-21-18-15(19(25)22-17)11-20-23(18)2/h3-7,11,16H,1,8-10,12H2,2H3,(H,21,22,25)/t16-/m1/s1. The van der Waals surface area contributed by atoms with E-state index in [1.807, 2.05) is 6.08 Å². The molecule has 0 fully saturated rings. The Hall–Kier alpha value is -2.73. The first-order valence-corrected chi connectivity index (χ1v) is 8.51. The van der Waals surface area contributed by atoms with Crippen LogP contribution in [-0.4, -0.2) is 31.2 Å². The first-order valence-electron chi connectivity index (χ1n) is 8.51. The fraction of sp³-hybridized carbons (Fsp3) is 0.316. The van der Waals surface area contributed by atoms with Crippen LogP contribution in [0.3, 0.4) is 0 Å². The van der Waals surface area contributed by atoms with E-state index in [2.05, 4.69) is 50.8 Å². The zero-order chi connectivity index (χ0) is 17.4. The van der Waals surface area contributed by atoms with Crippen LogP contribution in [0.15, 0.2) is 47.9 Å². The van der Waals surface area contributed by atoms with E-state index in [4.69, 9.17) is 0 Å². The number of hydrogen-bond acceptors (Lipinski definition) is 4. The number of H-pyrrole nitrogens is 1. The van der Waals surface area contributed by atoms with Gasteiger partial charge in [-0.2, -0.15) is 5.10 Å². The number of fused-ring (bicyclic) bond motifs is 2. The number of aromatic amines is 1. The van der Waals surface area contributed by atoms with Gasteiger partial charge in [-0.1, -0.05) is 30.3 Å². The predicted octanol–water partition coefficient (Wildman–Crippen LogP) is 2.33. The van der Waals surface area contributed by atoms with Crippen LogP contribution in [0.25, 0.3) is 11.0 Å². The summed E-state index contributed by atoms with van der Waals surface area (Å²) >= 11 is 0. The third kappa shape index (κ3) is 2.78. The van der Waals surface area contributed by atoms with Crippen molar-refractivity contribution in [2.45, 2.75) is 25.4 Å². The van der Waals surface area contributed by atoms with Gasteiger partial charge >= 0.3 is 0 Å². The Labute approximate surface area is 145 Å². The molecule has 0 spiro atoms. The second-order valence-corrected chi connectivity index (χ2v) is 6.49. The maximum Gasteiger partial charge on any atom is 0.262 e. The molecule has 2 aromatic heterocycles. The Kier molecular flexibility index (Phi) is 3.97. The lowest BCUT2D eigenvalue weighted by atomic mass is 10.1. The Morgan fingerprint density at radius 3 is 3.12 bits per heavy atom. The molecular formula is C19H21N5O. The Bertz CT molecular complexity index is 987. The van der Waals surface area contributed by atoms with E-state index in [9.17, 15) is 4.79 Å². The van der Waals surface area contributed by atoms with Crippen molar-refractivity contribution in [1.29, 1.82) is 0 Å². The summed E-state index contributed by atoms with van der Waals surface area (Å²) in [5.41, 5.74) is 3.25. The van der Waals surface area contributed by atoms with Gasteiger partial charge in [-0.15, -0.1) is 6.58 Å². The topological polar surface area (TPSA) is 66.8 Å². The molecule has 1 N–H and O–H groups in total. The van der Waals surface area contributed by atoms with Crippen LogP contribution in [0.5, 0.6) is 0 Å². The Morgan fingerprint density at radius 2 is 2.28 bits per heavy atom. The summed E-state index contributed by atoms with van der Waals surface area (Å²) in [5, 5.41) is 4.65. The van der Waals surface area contributed by atoms with Gasteiger partial charge in [0.2, 0.25) is 0 Å². The summed E-state index contributed by atoms with van der Waals surface area (Å²) in [7, 11) is 1.80. The lowest BCUT2D eigenvalue weighted by Crippen LogP contribution is -2.29. The molecule has 0 saturated carbocycles. The Morgan fingerprint density at radius 1 is 1.44 bits per heavy atom. The molecule has 0 amide bonds. The molecule has 128 valence electrons. The molecular weight excluding hydrogens is 314 g/mol. The number of rotatable bonds is 5. The Balaban J connectivity index is 1.68. The van der Waals surface area contributed by atoms with Crippen molar-refractivity contribution < 1.29 is 0 Å². The van der Waals surface area contributed by atoms with Gasteiger partial charge in [0.25, 0.3) is 5.56 Å². The van der Waals surface area contributed by atoms with Crippen molar-refractivity contribution in [2.24, 2.45) is 7.05 Å². The number of nitrogens with one attached hydrogen (secondary N) is 1. The third-order valence-corrected chi connectivity index (χ3v) is 4.91. The second kappa shape index (κ2) is 6.29. The lowest BCUT2D eigenvalue weighted by molar-refractivity contribution is 0.204. The second-order valence-electron chi connectivity index (χ2n) is 6.49. The molecule has 4 rings (SSSR count). The monoisotopic (exact) mass is 335 g/mol. The number of benzene rings is 1. The zero-order valence-electron chi connectivity index (χ0n) is 14.3. The fourth-order valence-electron chi connectivity index (χ4n) is 3.73. The molecule has 1 aliphatic carbocycles. The van der Waals surface area contributed by atoms with E-state index in [-0.39, 0.29) is 5.56 Å². The molecule has 0 saturated heterocycles. The molecule has 6 nitrogen and oxygen atoms in total. The molecule has 0 unspecified atom stereocenters. The van der Waals surface area contributed by atoms with Crippen molar-refractivity contribution in [1.82, 2.24) is 24.6 Å². The van der Waals surface area contributed by atoms with E-state index >= 15 is 0 Å². The summed E-state index contributed by atoms with van der Waals surface area (Å²) in [6, 6.07) is 8.90. The van der Waals surface area contributed by atoms with Gasteiger partial charge in [0.1, 0.15) is 11.2 Å². The SMILES string of the molecule is C=CCN(Cc1nc2c(cnn2C)c(=O)[nH]1)[C@@H]1CCc2ccccc21. The highest BCUT2D eigenvalue weighted by Gasteiger charge is 2.27. The fourth-order valence-corrected chi connectivity index (χ4v) is 3.73. The van der Waals surface area contributed by atoms with E-state index < -0.39 is 0 Å². The minimum atomic E-state index is -0.140. The number of nitrogens with zero attached hydrogens (tertiary/aromatic N) is 4. The van der Waals surface area contributed by atoms with E-state index in [1.165, 1.54) is 11.1 Å². The third-order valence-electron chi connectivity index (χ3n) is 4.91. The van der Waals surface area contributed by atoms with Gasteiger partial charge in [0.05, 0.1) is 12.7 Å². The molecule has 1 aromatic carbocycles. The molecule has 3 aromatic rings. The van der Waals surface area contributed by atoms with Crippen molar-refractivity contribution in [3.8, 4) is 0 Å². The van der Waals surface area contributed by atoms with Gasteiger partial charge in [-0.25, -0.2) is 4.98 Å². The largest absolute Gasteiger partial charge is 0.309 e. The number of aromatic nitrogens is 4. The van der Waals surface area contributed by atoms with Gasteiger partial charge in [-0.05, 0) is 24.0 Å². The van der Waals surface area contributed by atoms with Crippen molar-refractivity contribution >= 4 is 11.0 Å². The molecule has 1 aliphatic rings. The number of hydrogen-bond donors (Lipinski definition) is 1. The summed E-state index contributed by atoms with van der Waals surface area (Å²) in [4.78, 5) is 22.1. The zero-order valence-corrected chi connectivity index (χ0v) is 14.3. The summed E-state index contributed by atoms with van der Waals surface area (Å²) in [6.45, 7) is 5.21. The van der Waals surface area contributed by atoms with Crippen molar-refractivity contribution in [3.63, 3.8) is 0 Å². The molecule has 1 atom stereocenters. The van der Waals surface area contributed by atoms with E-state index in [1.54, 1.807) is 17.9 Å². The van der Waals surface area contributed by atoms with Crippen LogP contribution >= 0.6 is 0 Å². The van der Waals surface area contributed by atoms with Gasteiger partial charge in [0.15, 0.2) is 5.65 Å². The highest BCUT2D eigenvalue weighted by molar-refractivity contribution is 5.72. The van der Waals surface area contributed by atoms with Gasteiger partial charge in [0, 0.05) is 19.6 Å². The minimum Gasteiger partial charge on any atom is -0.309 e. The van der Waals surface area contributed by atoms with Crippen LogP contribution in [0, 0.1) is 0 Å². The summed E-state index contributed by atoms with van der Waals surface area (Å²) < 4.78 is 1.64. The molecule has 2 heterocycles. The average Bonchev–Trinajstić information content (AvgIpc) is 3.19. The predicted molar refractivity (Wildman–Crippen MR) is 97.2 cm³/mol. The molecule has 0 radical (unpaired) electrons. The van der Waals surface area contributed by atoms with Gasteiger partial charge in [-0.3, -0.25) is 14.4 Å². The number of aryl methyl sites for hydroxylation is 2.